The third-order valence-electron chi connectivity index (χ3n) is 3.85. The minimum atomic E-state index is -0.545. The molecular formula is C13H17Cl2NO3. The second-order valence-corrected chi connectivity index (χ2v) is 5.34. The van der Waals surface area contributed by atoms with Crippen LogP contribution < -0.4 is 15.2 Å². The predicted octanol–water partition coefficient (Wildman–Crippen LogP) is 2.65. The van der Waals surface area contributed by atoms with Crippen LogP contribution in [-0.2, 0) is 0 Å². The van der Waals surface area contributed by atoms with Gasteiger partial charge in [-0.15, -0.1) is 12.4 Å². The average molecular weight is 306 g/mol. The summed E-state index contributed by atoms with van der Waals surface area (Å²) in [6, 6.07) is 3.00. The third-order valence-corrected chi connectivity index (χ3v) is 4.18. The zero-order chi connectivity index (χ0) is 12.7. The number of hydrogen-bond donors (Lipinski definition) is 2. The quantitative estimate of drug-likeness (QED) is 0.901. The van der Waals surface area contributed by atoms with Gasteiger partial charge in [-0.25, -0.2) is 0 Å². The minimum absolute atomic E-state index is 0. The molecule has 1 aromatic carbocycles. The number of rotatable bonds is 3. The number of halogens is 2. The van der Waals surface area contributed by atoms with E-state index in [1.54, 1.807) is 12.1 Å². The summed E-state index contributed by atoms with van der Waals surface area (Å²) in [5.74, 6) is 1.57. The van der Waals surface area contributed by atoms with E-state index in [0.717, 1.165) is 18.4 Å². The Bertz CT molecular complexity index is 465. The molecule has 0 radical (unpaired) electrons. The van der Waals surface area contributed by atoms with E-state index in [0.29, 0.717) is 22.4 Å². The van der Waals surface area contributed by atoms with Crippen LogP contribution in [0.25, 0.3) is 0 Å². The first-order chi connectivity index (χ1) is 8.66. The SMILES string of the molecule is Cl.N[C@@H](c1cc2c(cc1Cl)OCO2)[C@H](O)C1CCC1. The zero-order valence-corrected chi connectivity index (χ0v) is 11.9. The van der Waals surface area contributed by atoms with Crippen molar-refractivity contribution in [2.75, 3.05) is 6.79 Å². The van der Waals surface area contributed by atoms with Crippen molar-refractivity contribution in [3.8, 4) is 11.5 Å². The van der Waals surface area contributed by atoms with E-state index in [9.17, 15) is 5.11 Å². The summed E-state index contributed by atoms with van der Waals surface area (Å²) in [5.41, 5.74) is 6.84. The summed E-state index contributed by atoms with van der Waals surface area (Å²) in [6.45, 7) is 0.204. The molecule has 0 unspecified atom stereocenters. The summed E-state index contributed by atoms with van der Waals surface area (Å²) < 4.78 is 10.6. The summed E-state index contributed by atoms with van der Waals surface area (Å²) >= 11 is 6.19. The molecule has 6 heteroatoms. The fourth-order valence-electron chi connectivity index (χ4n) is 2.45. The van der Waals surface area contributed by atoms with E-state index in [-0.39, 0.29) is 19.2 Å². The normalized spacial score (nSPS) is 20.4. The van der Waals surface area contributed by atoms with Crippen LogP contribution in [0.5, 0.6) is 11.5 Å². The minimum Gasteiger partial charge on any atom is -0.454 e. The largest absolute Gasteiger partial charge is 0.454 e. The fourth-order valence-corrected chi connectivity index (χ4v) is 2.73. The van der Waals surface area contributed by atoms with E-state index in [2.05, 4.69) is 0 Å². The molecule has 2 aliphatic rings. The molecule has 19 heavy (non-hydrogen) atoms. The number of aliphatic hydroxyl groups is 1. The lowest BCUT2D eigenvalue weighted by Crippen LogP contribution is -2.36. The van der Waals surface area contributed by atoms with Gasteiger partial charge < -0.3 is 20.3 Å². The molecule has 1 aliphatic carbocycles. The molecule has 1 saturated carbocycles. The van der Waals surface area contributed by atoms with Crippen molar-refractivity contribution < 1.29 is 14.6 Å². The highest BCUT2D eigenvalue weighted by Crippen LogP contribution is 2.41. The molecule has 3 N–H and O–H groups in total. The van der Waals surface area contributed by atoms with E-state index in [1.807, 2.05) is 0 Å². The Morgan fingerprint density at radius 2 is 1.89 bits per heavy atom. The molecule has 0 bridgehead atoms. The first-order valence-corrected chi connectivity index (χ1v) is 6.57. The van der Waals surface area contributed by atoms with Crippen LogP contribution in [0.2, 0.25) is 5.02 Å². The second kappa shape index (κ2) is 5.75. The van der Waals surface area contributed by atoms with Crippen molar-refractivity contribution in [1.82, 2.24) is 0 Å². The summed E-state index contributed by atoms with van der Waals surface area (Å²) in [4.78, 5) is 0. The van der Waals surface area contributed by atoms with Crippen molar-refractivity contribution >= 4 is 24.0 Å². The van der Waals surface area contributed by atoms with Gasteiger partial charge in [-0.1, -0.05) is 18.0 Å². The highest BCUT2D eigenvalue weighted by atomic mass is 35.5. The smallest absolute Gasteiger partial charge is 0.231 e. The lowest BCUT2D eigenvalue weighted by atomic mass is 9.77. The highest BCUT2D eigenvalue weighted by molar-refractivity contribution is 6.31. The molecule has 1 fully saturated rings. The molecule has 1 heterocycles. The van der Waals surface area contributed by atoms with Gasteiger partial charge in [0, 0.05) is 11.1 Å². The van der Waals surface area contributed by atoms with Crippen LogP contribution in [0.1, 0.15) is 30.9 Å². The fraction of sp³-hybridized carbons (Fsp3) is 0.538. The van der Waals surface area contributed by atoms with Crippen LogP contribution in [0.4, 0.5) is 0 Å². The Kier molecular flexibility index (Phi) is 4.46. The van der Waals surface area contributed by atoms with Gasteiger partial charge in [0.05, 0.1) is 12.1 Å². The topological polar surface area (TPSA) is 64.7 Å². The maximum Gasteiger partial charge on any atom is 0.231 e. The van der Waals surface area contributed by atoms with Gasteiger partial charge in [0.15, 0.2) is 11.5 Å². The van der Waals surface area contributed by atoms with Gasteiger partial charge in [0.25, 0.3) is 0 Å². The molecule has 0 spiro atoms. The van der Waals surface area contributed by atoms with Gasteiger partial charge >= 0.3 is 0 Å². The molecule has 2 atom stereocenters. The summed E-state index contributed by atoms with van der Waals surface area (Å²) in [5, 5.41) is 10.7. The molecule has 1 aliphatic heterocycles. The van der Waals surface area contributed by atoms with E-state index < -0.39 is 12.1 Å². The predicted molar refractivity (Wildman–Crippen MR) is 75.1 cm³/mol. The van der Waals surface area contributed by atoms with Crippen molar-refractivity contribution in [2.24, 2.45) is 11.7 Å². The first-order valence-electron chi connectivity index (χ1n) is 6.19. The van der Waals surface area contributed by atoms with Gasteiger partial charge in [-0.3, -0.25) is 0 Å². The van der Waals surface area contributed by atoms with Gasteiger partial charge in [-0.2, -0.15) is 0 Å². The van der Waals surface area contributed by atoms with Crippen molar-refractivity contribution in [3.05, 3.63) is 22.7 Å². The highest BCUT2D eigenvalue weighted by Gasteiger charge is 2.32. The maximum atomic E-state index is 10.2. The monoisotopic (exact) mass is 305 g/mol. The molecule has 1 aromatic rings. The van der Waals surface area contributed by atoms with Gasteiger partial charge in [0.1, 0.15) is 0 Å². The average Bonchev–Trinajstić information content (AvgIpc) is 2.71. The van der Waals surface area contributed by atoms with E-state index >= 15 is 0 Å². The van der Waals surface area contributed by atoms with Crippen molar-refractivity contribution in [2.45, 2.75) is 31.4 Å². The Balaban J connectivity index is 0.00000133. The Morgan fingerprint density at radius 3 is 2.47 bits per heavy atom. The van der Waals surface area contributed by atoms with Crippen LogP contribution in [0.15, 0.2) is 12.1 Å². The molecule has 0 amide bonds. The lowest BCUT2D eigenvalue weighted by molar-refractivity contribution is 0.0413. The van der Waals surface area contributed by atoms with Crippen molar-refractivity contribution in [3.63, 3.8) is 0 Å². The van der Waals surface area contributed by atoms with E-state index in [4.69, 9.17) is 26.8 Å². The van der Waals surface area contributed by atoms with Crippen LogP contribution in [0, 0.1) is 5.92 Å². The third kappa shape index (κ3) is 2.63. The summed E-state index contributed by atoms with van der Waals surface area (Å²) in [7, 11) is 0. The number of nitrogens with two attached hydrogens (primary N) is 1. The Morgan fingerprint density at radius 1 is 1.26 bits per heavy atom. The van der Waals surface area contributed by atoms with Crippen LogP contribution >= 0.6 is 24.0 Å². The standard InChI is InChI=1S/C13H16ClNO3.ClH/c14-9-5-11-10(17-6-18-11)4-8(9)12(15)13(16)7-2-1-3-7;/h4-5,7,12-13,16H,1-3,6,15H2;1H/t12-,13+;/m0./s1. The number of benzene rings is 1. The molecule has 3 rings (SSSR count). The van der Waals surface area contributed by atoms with Crippen molar-refractivity contribution in [1.29, 1.82) is 0 Å². The molecular weight excluding hydrogens is 289 g/mol. The number of fused-ring (bicyclic) bond motifs is 1. The summed E-state index contributed by atoms with van der Waals surface area (Å²) in [6.07, 6.45) is 2.70. The number of hydrogen-bond acceptors (Lipinski definition) is 4. The molecule has 4 nitrogen and oxygen atoms in total. The van der Waals surface area contributed by atoms with Crippen LogP contribution in [-0.4, -0.2) is 18.0 Å². The lowest BCUT2D eigenvalue weighted by Gasteiger charge is -2.34. The second-order valence-electron chi connectivity index (χ2n) is 4.93. The first kappa shape index (κ1) is 14.7. The van der Waals surface area contributed by atoms with Gasteiger partial charge in [0.2, 0.25) is 6.79 Å². The van der Waals surface area contributed by atoms with E-state index in [1.165, 1.54) is 6.42 Å². The Labute approximate surface area is 123 Å². The molecule has 106 valence electrons. The number of aliphatic hydroxyl groups excluding tert-OH is 1. The maximum absolute atomic E-state index is 10.2. The van der Waals surface area contributed by atoms with Gasteiger partial charge in [-0.05, 0) is 30.4 Å². The number of ether oxygens (including phenoxy) is 2. The Hall–Kier alpha value is -0.680. The molecule has 0 saturated heterocycles. The zero-order valence-electron chi connectivity index (χ0n) is 10.3. The van der Waals surface area contributed by atoms with Crippen LogP contribution in [0.3, 0.4) is 0 Å². The molecule has 0 aromatic heterocycles.